The van der Waals surface area contributed by atoms with E-state index in [2.05, 4.69) is 26.6 Å². The Bertz CT molecular complexity index is 394. The van der Waals surface area contributed by atoms with Crippen molar-refractivity contribution >= 4 is 15.9 Å². The Labute approximate surface area is 119 Å². The molecular formula is C13H18BrF3N2. The molecule has 0 aliphatic carbocycles. The van der Waals surface area contributed by atoms with E-state index in [0.717, 1.165) is 25.6 Å². The Morgan fingerprint density at radius 3 is 2.47 bits per heavy atom. The molecule has 108 valence electrons. The van der Waals surface area contributed by atoms with Crippen molar-refractivity contribution in [3.63, 3.8) is 0 Å². The second kappa shape index (κ2) is 7.87. The summed E-state index contributed by atoms with van der Waals surface area (Å²) in [6, 6.07) is 4.25. The van der Waals surface area contributed by atoms with Crippen LogP contribution in [0.5, 0.6) is 0 Å². The third-order valence-corrected chi connectivity index (χ3v) is 3.14. The summed E-state index contributed by atoms with van der Waals surface area (Å²) >= 11 is 3.07. The zero-order valence-electron chi connectivity index (χ0n) is 10.8. The summed E-state index contributed by atoms with van der Waals surface area (Å²) in [6.07, 6.45) is -3.42. The van der Waals surface area contributed by atoms with Gasteiger partial charge in [-0.2, -0.15) is 13.2 Å². The van der Waals surface area contributed by atoms with Gasteiger partial charge in [-0.05, 0) is 43.8 Å². The molecule has 1 aromatic carbocycles. The molecule has 0 fully saturated rings. The number of rotatable bonds is 7. The van der Waals surface area contributed by atoms with Crippen LogP contribution in [0.15, 0.2) is 22.7 Å². The van der Waals surface area contributed by atoms with E-state index in [1.165, 1.54) is 6.07 Å². The molecule has 0 bridgehead atoms. The molecule has 0 aliphatic rings. The summed E-state index contributed by atoms with van der Waals surface area (Å²) in [5.74, 6) is 0. The standard InChI is InChI=1S/C13H18BrF3N2/c1-2-18-6-3-7-19-9-10-4-5-11(14)8-12(10)13(15,16)17/h4-5,8,18-19H,2-3,6-7,9H2,1H3. The number of benzene rings is 1. The SMILES string of the molecule is CCNCCCNCc1ccc(Br)cc1C(F)(F)F. The first kappa shape index (κ1) is 16.5. The lowest BCUT2D eigenvalue weighted by Crippen LogP contribution is -2.22. The Morgan fingerprint density at radius 1 is 1.16 bits per heavy atom. The van der Waals surface area contributed by atoms with Crippen molar-refractivity contribution in [3.8, 4) is 0 Å². The van der Waals surface area contributed by atoms with Crippen LogP contribution in [0.1, 0.15) is 24.5 Å². The largest absolute Gasteiger partial charge is 0.416 e. The predicted molar refractivity (Wildman–Crippen MR) is 74.0 cm³/mol. The summed E-state index contributed by atoms with van der Waals surface area (Å²) in [6.45, 7) is 4.72. The highest BCUT2D eigenvalue weighted by Crippen LogP contribution is 2.33. The van der Waals surface area contributed by atoms with E-state index < -0.39 is 11.7 Å². The van der Waals surface area contributed by atoms with Crippen LogP contribution in [-0.4, -0.2) is 19.6 Å². The molecule has 0 saturated heterocycles. The van der Waals surface area contributed by atoms with Gasteiger partial charge in [-0.25, -0.2) is 0 Å². The fourth-order valence-corrected chi connectivity index (χ4v) is 2.07. The average molecular weight is 339 g/mol. The van der Waals surface area contributed by atoms with Gasteiger partial charge in [0.25, 0.3) is 0 Å². The van der Waals surface area contributed by atoms with E-state index in [1.54, 1.807) is 6.07 Å². The normalized spacial score (nSPS) is 11.8. The molecule has 1 aromatic rings. The molecular weight excluding hydrogens is 321 g/mol. The van der Waals surface area contributed by atoms with E-state index in [0.29, 0.717) is 11.0 Å². The molecule has 0 aliphatic heterocycles. The molecule has 2 nitrogen and oxygen atoms in total. The molecule has 0 atom stereocenters. The van der Waals surface area contributed by atoms with Crippen LogP contribution in [0.3, 0.4) is 0 Å². The molecule has 0 aromatic heterocycles. The van der Waals surface area contributed by atoms with Crippen LogP contribution in [0, 0.1) is 0 Å². The van der Waals surface area contributed by atoms with Crippen molar-refractivity contribution < 1.29 is 13.2 Å². The Morgan fingerprint density at radius 2 is 1.84 bits per heavy atom. The zero-order valence-corrected chi connectivity index (χ0v) is 12.4. The van der Waals surface area contributed by atoms with E-state index in [9.17, 15) is 13.2 Å². The molecule has 6 heteroatoms. The molecule has 0 amide bonds. The summed E-state index contributed by atoms with van der Waals surface area (Å²) in [4.78, 5) is 0. The van der Waals surface area contributed by atoms with E-state index in [-0.39, 0.29) is 12.1 Å². The van der Waals surface area contributed by atoms with Crippen LogP contribution in [0.25, 0.3) is 0 Å². The van der Waals surface area contributed by atoms with Crippen molar-refractivity contribution in [3.05, 3.63) is 33.8 Å². The highest BCUT2D eigenvalue weighted by atomic mass is 79.9. The summed E-state index contributed by atoms with van der Waals surface area (Å²) in [7, 11) is 0. The molecule has 0 radical (unpaired) electrons. The van der Waals surface area contributed by atoms with Gasteiger partial charge in [0, 0.05) is 11.0 Å². The smallest absolute Gasteiger partial charge is 0.317 e. The van der Waals surface area contributed by atoms with Gasteiger partial charge in [0.1, 0.15) is 0 Å². The maximum absolute atomic E-state index is 12.8. The van der Waals surface area contributed by atoms with Crippen molar-refractivity contribution in [1.82, 2.24) is 10.6 Å². The first-order valence-corrected chi connectivity index (χ1v) is 7.01. The third-order valence-electron chi connectivity index (χ3n) is 2.65. The number of halogens is 4. The summed E-state index contributed by atoms with van der Waals surface area (Å²) < 4.78 is 39.0. The number of alkyl halides is 3. The first-order valence-electron chi connectivity index (χ1n) is 6.22. The molecule has 0 spiro atoms. The third kappa shape index (κ3) is 5.93. The van der Waals surface area contributed by atoms with E-state index in [1.807, 2.05) is 6.92 Å². The fraction of sp³-hybridized carbons (Fsp3) is 0.538. The first-order chi connectivity index (χ1) is 8.95. The molecule has 0 unspecified atom stereocenters. The average Bonchev–Trinajstić information content (AvgIpc) is 2.34. The van der Waals surface area contributed by atoms with Crippen LogP contribution < -0.4 is 10.6 Å². The molecule has 2 N–H and O–H groups in total. The van der Waals surface area contributed by atoms with E-state index >= 15 is 0 Å². The second-order valence-corrected chi connectivity index (χ2v) is 5.10. The highest BCUT2D eigenvalue weighted by Gasteiger charge is 2.33. The quantitative estimate of drug-likeness (QED) is 0.743. The van der Waals surface area contributed by atoms with Crippen LogP contribution in [0.4, 0.5) is 13.2 Å². The predicted octanol–water partition coefficient (Wildman–Crippen LogP) is 3.56. The van der Waals surface area contributed by atoms with Gasteiger partial charge in [-0.1, -0.05) is 28.9 Å². The van der Waals surface area contributed by atoms with Crippen molar-refractivity contribution in [1.29, 1.82) is 0 Å². The number of nitrogens with one attached hydrogen (secondary N) is 2. The van der Waals surface area contributed by atoms with Crippen molar-refractivity contribution in [2.75, 3.05) is 19.6 Å². The molecule has 0 heterocycles. The maximum Gasteiger partial charge on any atom is 0.416 e. The summed E-state index contributed by atoms with van der Waals surface area (Å²) in [5.41, 5.74) is -0.305. The van der Waals surface area contributed by atoms with Crippen LogP contribution >= 0.6 is 15.9 Å². The lowest BCUT2D eigenvalue weighted by atomic mass is 10.1. The van der Waals surface area contributed by atoms with Crippen LogP contribution in [-0.2, 0) is 12.7 Å². The van der Waals surface area contributed by atoms with Crippen molar-refractivity contribution in [2.45, 2.75) is 26.1 Å². The van der Waals surface area contributed by atoms with Gasteiger partial charge in [0.2, 0.25) is 0 Å². The Kier molecular flexibility index (Phi) is 6.82. The summed E-state index contributed by atoms with van der Waals surface area (Å²) in [5, 5.41) is 6.20. The topological polar surface area (TPSA) is 24.1 Å². The molecule has 19 heavy (non-hydrogen) atoms. The second-order valence-electron chi connectivity index (χ2n) is 4.18. The Balaban J connectivity index is 2.54. The van der Waals surface area contributed by atoms with Gasteiger partial charge in [-0.15, -0.1) is 0 Å². The lowest BCUT2D eigenvalue weighted by molar-refractivity contribution is -0.138. The molecule has 1 rings (SSSR count). The minimum atomic E-state index is -4.31. The van der Waals surface area contributed by atoms with Gasteiger partial charge in [0.15, 0.2) is 0 Å². The zero-order chi connectivity index (χ0) is 14.3. The van der Waals surface area contributed by atoms with Gasteiger partial charge in [-0.3, -0.25) is 0 Å². The number of hydrogen-bond acceptors (Lipinski definition) is 2. The van der Waals surface area contributed by atoms with Crippen LogP contribution in [0.2, 0.25) is 0 Å². The minimum absolute atomic E-state index is 0.230. The van der Waals surface area contributed by atoms with Gasteiger partial charge in [0.05, 0.1) is 5.56 Å². The lowest BCUT2D eigenvalue weighted by Gasteiger charge is -2.14. The van der Waals surface area contributed by atoms with Crippen molar-refractivity contribution in [2.24, 2.45) is 0 Å². The monoisotopic (exact) mass is 338 g/mol. The fourth-order valence-electron chi connectivity index (χ4n) is 1.70. The Hall–Kier alpha value is -0.590. The maximum atomic E-state index is 12.8. The van der Waals surface area contributed by atoms with E-state index in [4.69, 9.17) is 0 Å². The molecule has 0 saturated carbocycles. The van der Waals surface area contributed by atoms with Gasteiger partial charge >= 0.3 is 6.18 Å². The highest BCUT2D eigenvalue weighted by molar-refractivity contribution is 9.10. The number of hydrogen-bond donors (Lipinski definition) is 2. The minimum Gasteiger partial charge on any atom is -0.317 e. The van der Waals surface area contributed by atoms with Gasteiger partial charge < -0.3 is 10.6 Å².